The van der Waals surface area contributed by atoms with Gasteiger partial charge in [-0.1, -0.05) is 6.07 Å². The standard InChI is InChI=1S/C15H18N4O4/c1-9-5-6-12(19(21)22)13(7-9)23-8-14(20)16-15-10(2)17-18(4)11(15)3/h5-7H,8H2,1-4H3,(H,16,20). The van der Waals surface area contributed by atoms with E-state index >= 15 is 0 Å². The second-order valence-corrected chi connectivity index (χ2v) is 5.23. The smallest absolute Gasteiger partial charge is 0.310 e. The van der Waals surface area contributed by atoms with Crippen molar-refractivity contribution < 1.29 is 14.5 Å². The molecular weight excluding hydrogens is 300 g/mol. The maximum atomic E-state index is 12.0. The quantitative estimate of drug-likeness (QED) is 0.673. The van der Waals surface area contributed by atoms with Crippen molar-refractivity contribution in [2.75, 3.05) is 11.9 Å². The Morgan fingerprint density at radius 2 is 2.09 bits per heavy atom. The number of carbonyl (C=O) groups excluding carboxylic acids is 1. The van der Waals surface area contributed by atoms with E-state index in [9.17, 15) is 14.9 Å². The number of nitrogens with one attached hydrogen (secondary N) is 1. The molecule has 0 spiro atoms. The highest BCUT2D eigenvalue weighted by atomic mass is 16.6. The van der Waals surface area contributed by atoms with Crippen LogP contribution in [0.2, 0.25) is 0 Å². The van der Waals surface area contributed by atoms with Crippen molar-refractivity contribution in [3.63, 3.8) is 0 Å². The molecule has 23 heavy (non-hydrogen) atoms. The molecule has 0 atom stereocenters. The van der Waals surface area contributed by atoms with Crippen LogP contribution in [-0.2, 0) is 11.8 Å². The number of hydrogen-bond acceptors (Lipinski definition) is 5. The summed E-state index contributed by atoms with van der Waals surface area (Å²) >= 11 is 0. The third kappa shape index (κ3) is 3.65. The van der Waals surface area contributed by atoms with E-state index in [1.54, 1.807) is 31.6 Å². The predicted octanol–water partition coefficient (Wildman–Crippen LogP) is 2.27. The van der Waals surface area contributed by atoms with E-state index in [2.05, 4.69) is 10.4 Å². The summed E-state index contributed by atoms with van der Waals surface area (Å²) in [5.41, 5.74) is 2.78. The minimum absolute atomic E-state index is 0.0739. The van der Waals surface area contributed by atoms with Gasteiger partial charge in [0.1, 0.15) is 0 Å². The van der Waals surface area contributed by atoms with Crippen LogP contribution in [0.5, 0.6) is 5.75 Å². The molecule has 0 aliphatic rings. The summed E-state index contributed by atoms with van der Waals surface area (Å²) in [6, 6.07) is 4.51. The third-order valence-electron chi connectivity index (χ3n) is 3.44. The fraction of sp³-hybridized carbons (Fsp3) is 0.333. The topological polar surface area (TPSA) is 99.3 Å². The molecule has 1 aromatic carbocycles. The van der Waals surface area contributed by atoms with Gasteiger partial charge in [-0.05, 0) is 32.4 Å². The van der Waals surface area contributed by atoms with E-state index < -0.39 is 10.8 Å². The SMILES string of the molecule is Cc1ccc([N+](=O)[O-])c(OCC(=O)Nc2c(C)nn(C)c2C)c1. The number of amides is 1. The van der Waals surface area contributed by atoms with Gasteiger partial charge in [-0.15, -0.1) is 0 Å². The minimum atomic E-state index is -0.540. The number of benzene rings is 1. The number of hydrogen-bond donors (Lipinski definition) is 1. The van der Waals surface area contributed by atoms with Crippen molar-refractivity contribution in [2.24, 2.45) is 7.05 Å². The van der Waals surface area contributed by atoms with Crippen LogP contribution in [0.3, 0.4) is 0 Å². The summed E-state index contributed by atoms with van der Waals surface area (Å²) in [6.45, 7) is 5.09. The molecule has 8 heteroatoms. The highest BCUT2D eigenvalue weighted by Gasteiger charge is 2.17. The van der Waals surface area contributed by atoms with Crippen molar-refractivity contribution >= 4 is 17.3 Å². The van der Waals surface area contributed by atoms with Gasteiger partial charge >= 0.3 is 5.69 Å². The number of nitro benzene ring substituents is 1. The normalized spacial score (nSPS) is 10.4. The van der Waals surface area contributed by atoms with Gasteiger partial charge in [-0.2, -0.15) is 5.10 Å². The maximum Gasteiger partial charge on any atom is 0.310 e. The Hall–Kier alpha value is -2.90. The maximum absolute atomic E-state index is 12.0. The van der Waals surface area contributed by atoms with E-state index in [4.69, 9.17) is 4.74 Å². The first-order valence-corrected chi connectivity index (χ1v) is 6.97. The Kier molecular flexibility index (Phi) is 4.63. The lowest BCUT2D eigenvalue weighted by Crippen LogP contribution is -2.21. The second-order valence-electron chi connectivity index (χ2n) is 5.23. The zero-order valence-corrected chi connectivity index (χ0v) is 13.4. The molecule has 2 aromatic rings. The molecule has 0 aliphatic heterocycles. The molecule has 0 radical (unpaired) electrons. The first-order valence-electron chi connectivity index (χ1n) is 6.97. The lowest BCUT2D eigenvalue weighted by Gasteiger charge is -2.09. The van der Waals surface area contributed by atoms with Crippen molar-refractivity contribution in [1.29, 1.82) is 0 Å². The lowest BCUT2D eigenvalue weighted by molar-refractivity contribution is -0.385. The highest BCUT2D eigenvalue weighted by molar-refractivity contribution is 5.93. The molecule has 1 heterocycles. The summed E-state index contributed by atoms with van der Waals surface area (Å²) in [5.74, 6) is -0.329. The first kappa shape index (κ1) is 16.5. The van der Waals surface area contributed by atoms with Crippen LogP contribution in [-0.4, -0.2) is 27.2 Å². The molecule has 0 saturated carbocycles. The van der Waals surface area contributed by atoms with Gasteiger partial charge in [0.15, 0.2) is 12.4 Å². The summed E-state index contributed by atoms with van der Waals surface area (Å²) < 4.78 is 6.98. The molecule has 1 N–H and O–H groups in total. The van der Waals surface area contributed by atoms with Gasteiger partial charge < -0.3 is 10.1 Å². The van der Waals surface area contributed by atoms with Crippen LogP contribution in [0.1, 0.15) is 17.0 Å². The predicted molar refractivity (Wildman–Crippen MR) is 84.6 cm³/mol. The van der Waals surface area contributed by atoms with Crippen LogP contribution in [0, 0.1) is 30.9 Å². The van der Waals surface area contributed by atoms with E-state index in [1.165, 1.54) is 12.1 Å². The zero-order valence-electron chi connectivity index (χ0n) is 13.4. The van der Waals surface area contributed by atoms with E-state index in [-0.39, 0.29) is 18.0 Å². The van der Waals surface area contributed by atoms with Gasteiger partial charge in [-0.3, -0.25) is 19.6 Å². The van der Waals surface area contributed by atoms with E-state index in [1.807, 2.05) is 6.92 Å². The summed E-state index contributed by atoms with van der Waals surface area (Å²) in [6.07, 6.45) is 0. The number of nitro groups is 1. The van der Waals surface area contributed by atoms with Crippen molar-refractivity contribution in [3.05, 3.63) is 45.3 Å². The first-order chi connectivity index (χ1) is 10.8. The number of ether oxygens (including phenoxy) is 1. The van der Waals surface area contributed by atoms with Gasteiger partial charge in [0, 0.05) is 13.1 Å². The van der Waals surface area contributed by atoms with Gasteiger partial charge in [0.2, 0.25) is 0 Å². The fourth-order valence-corrected chi connectivity index (χ4v) is 2.16. The number of aryl methyl sites for hydroxylation is 3. The van der Waals surface area contributed by atoms with Crippen LogP contribution < -0.4 is 10.1 Å². The molecular formula is C15H18N4O4. The van der Waals surface area contributed by atoms with Crippen LogP contribution >= 0.6 is 0 Å². The zero-order chi connectivity index (χ0) is 17.1. The number of nitrogens with zero attached hydrogens (tertiary/aromatic N) is 3. The molecule has 2 rings (SSSR count). The summed E-state index contributed by atoms with van der Waals surface area (Å²) in [7, 11) is 1.78. The summed E-state index contributed by atoms with van der Waals surface area (Å²) in [5, 5.41) is 17.9. The van der Waals surface area contributed by atoms with Crippen LogP contribution in [0.4, 0.5) is 11.4 Å². The third-order valence-corrected chi connectivity index (χ3v) is 3.44. The van der Waals surface area contributed by atoms with E-state index in [0.717, 1.165) is 11.3 Å². The Bertz CT molecular complexity index is 767. The largest absolute Gasteiger partial charge is 0.477 e. The molecule has 0 unspecified atom stereocenters. The Morgan fingerprint density at radius 1 is 1.39 bits per heavy atom. The average Bonchev–Trinajstić information content (AvgIpc) is 2.71. The molecule has 0 saturated heterocycles. The second kappa shape index (κ2) is 6.47. The van der Waals surface area contributed by atoms with Crippen LogP contribution in [0.25, 0.3) is 0 Å². The minimum Gasteiger partial charge on any atom is -0.477 e. The number of anilines is 1. The van der Waals surface area contributed by atoms with Gasteiger partial charge in [0.05, 0.1) is 22.0 Å². The molecule has 8 nitrogen and oxygen atoms in total. The average molecular weight is 318 g/mol. The number of aromatic nitrogens is 2. The molecule has 0 fully saturated rings. The molecule has 0 aliphatic carbocycles. The molecule has 122 valence electrons. The van der Waals surface area contributed by atoms with Crippen molar-refractivity contribution in [2.45, 2.75) is 20.8 Å². The molecule has 1 amide bonds. The van der Waals surface area contributed by atoms with Crippen LogP contribution in [0.15, 0.2) is 18.2 Å². The Balaban J connectivity index is 2.08. The lowest BCUT2D eigenvalue weighted by atomic mass is 10.2. The van der Waals surface area contributed by atoms with Gasteiger partial charge in [0.25, 0.3) is 5.91 Å². The van der Waals surface area contributed by atoms with Gasteiger partial charge in [-0.25, -0.2) is 0 Å². The Morgan fingerprint density at radius 3 is 2.65 bits per heavy atom. The van der Waals surface area contributed by atoms with E-state index in [0.29, 0.717) is 11.4 Å². The molecule has 0 bridgehead atoms. The molecule has 1 aromatic heterocycles. The monoisotopic (exact) mass is 318 g/mol. The highest BCUT2D eigenvalue weighted by Crippen LogP contribution is 2.27. The van der Waals surface area contributed by atoms with Crippen molar-refractivity contribution in [1.82, 2.24) is 9.78 Å². The fourth-order valence-electron chi connectivity index (χ4n) is 2.16. The van der Waals surface area contributed by atoms with Crippen molar-refractivity contribution in [3.8, 4) is 5.75 Å². The summed E-state index contributed by atoms with van der Waals surface area (Å²) in [4.78, 5) is 22.5. The number of rotatable bonds is 5. The Labute approximate surface area is 133 Å². The number of carbonyl (C=O) groups is 1.